The largest absolute Gasteiger partial charge is 0.394 e. The van der Waals surface area contributed by atoms with Crippen LogP contribution in [0, 0.1) is 12.7 Å². The summed E-state index contributed by atoms with van der Waals surface area (Å²) < 4.78 is 134. The SMILES string of the molecule is [2H]C([2H])(CC)Sc1nc(N[C@H]2[C@H](c3ccc(C)c(F)c3)C2([2H])[2H])c2nnn([C@]3([2H])C([2H])([2H])[C@]([2H])(OC([2H])([2H])C([2H])([2H])O)[C@@]([2H])(O)[C@@]3([2H])O)c2n1. The minimum absolute atomic E-state index is 0.0600. The fourth-order valence-corrected chi connectivity index (χ4v) is 4.02. The van der Waals surface area contributed by atoms with E-state index in [0.29, 0.717) is 17.3 Å². The van der Waals surface area contributed by atoms with Crippen molar-refractivity contribution in [2.45, 2.75) is 74.4 Å². The van der Waals surface area contributed by atoms with E-state index in [9.17, 15) is 19.7 Å². The Bertz CT molecular complexity index is 1850. The van der Waals surface area contributed by atoms with Gasteiger partial charge in [0.05, 0.1) is 36.2 Å². The first kappa shape index (κ1) is 13.4. The van der Waals surface area contributed by atoms with Crippen LogP contribution < -0.4 is 5.32 Å². The van der Waals surface area contributed by atoms with Crippen molar-refractivity contribution in [1.29, 1.82) is 0 Å². The van der Waals surface area contributed by atoms with Crippen molar-refractivity contribution in [2.24, 2.45) is 0 Å². The van der Waals surface area contributed by atoms with Crippen LogP contribution in [0.2, 0.25) is 0 Å². The van der Waals surface area contributed by atoms with E-state index in [1.165, 1.54) is 26.0 Å². The molecule has 12 heteroatoms. The van der Waals surface area contributed by atoms with Crippen molar-refractivity contribution in [3.63, 3.8) is 0 Å². The number of nitrogens with one attached hydrogen (secondary N) is 1. The molecular formula is C24H31FN6O4S. The Morgan fingerprint density at radius 2 is 2.17 bits per heavy atom. The Labute approximate surface area is 232 Å². The molecule has 0 amide bonds. The third-order valence-electron chi connectivity index (χ3n) is 5.32. The zero-order chi connectivity index (χ0) is 38.1. The molecule has 2 aliphatic rings. The standard InChI is InChI=1S/C24H31FN6O4S/c1-3-8-36-24-27-22(26-16-10-14(16)13-5-4-12(2)15(25)9-13)19-23(28-24)31(30-29-19)17-11-18(35-7-6-32)21(34)20(17)33/h4-5,9,14,16-18,20-21,32-34H,3,6-8,10-11H2,1-2H3,(H,26,27,28)/t14-,16+,17+,18-,20-,21+/m0/s1/i6D2,7D2,8D2,10D2,11D2,17D,18D,20D,21D. The number of benzene rings is 1. The van der Waals surface area contributed by atoms with Crippen molar-refractivity contribution in [3.8, 4) is 0 Å². The molecule has 36 heavy (non-hydrogen) atoms. The van der Waals surface area contributed by atoms with Gasteiger partial charge in [0.2, 0.25) is 0 Å². The molecule has 0 unspecified atom stereocenters. The summed E-state index contributed by atoms with van der Waals surface area (Å²) in [5.74, 6) is -1.92. The summed E-state index contributed by atoms with van der Waals surface area (Å²) in [6, 6.07) is -0.937. The van der Waals surface area contributed by atoms with Crippen molar-refractivity contribution in [3.05, 3.63) is 35.1 Å². The summed E-state index contributed by atoms with van der Waals surface area (Å²) >= 11 is 0.414. The second-order valence-corrected chi connectivity index (χ2v) is 8.58. The number of rotatable bonds is 10. The first-order chi connectivity index (χ1) is 22.4. The number of aryl methyl sites for hydroxylation is 1. The van der Waals surface area contributed by atoms with E-state index >= 15 is 0 Å². The predicted octanol–water partition coefficient (Wildman–Crippen LogP) is 2.18. The normalized spacial score (nSPS) is 45.5. The molecular weight excluding hydrogens is 487 g/mol. The van der Waals surface area contributed by atoms with Crippen LogP contribution in [0.4, 0.5) is 10.2 Å². The summed E-state index contributed by atoms with van der Waals surface area (Å²) in [6.45, 7) is -5.08. The number of ether oxygens (including phenoxy) is 1. The molecule has 0 aliphatic heterocycles. The smallest absolute Gasteiger partial charge is 0.191 e. The minimum atomic E-state index is -4.35. The Hall–Kier alpha value is -2.38. The summed E-state index contributed by atoms with van der Waals surface area (Å²) in [4.78, 5) is 8.31. The molecule has 0 radical (unpaired) electrons. The molecule has 1 aromatic carbocycles. The molecule has 4 N–H and O–H groups in total. The van der Waals surface area contributed by atoms with Crippen molar-refractivity contribution < 1.29 is 43.6 Å². The molecule has 194 valence electrons. The molecule has 2 aliphatic carbocycles. The third kappa shape index (κ3) is 4.92. The topological polar surface area (TPSA) is 138 Å². The lowest BCUT2D eigenvalue weighted by atomic mass is 10.1. The van der Waals surface area contributed by atoms with Crippen LogP contribution in [0.1, 0.15) is 68.3 Å². The van der Waals surface area contributed by atoms with E-state index in [4.69, 9.17) is 19.2 Å². The van der Waals surface area contributed by atoms with Crippen LogP contribution >= 0.6 is 11.8 Å². The van der Waals surface area contributed by atoms with Gasteiger partial charge in [-0.1, -0.05) is 36.0 Å². The summed E-state index contributed by atoms with van der Waals surface area (Å²) in [6.07, 6.45) is -19.2. The molecule has 0 spiro atoms. The molecule has 3 aromatic rings. The van der Waals surface area contributed by atoms with Gasteiger partial charge >= 0.3 is 0 Å². The van der Waals surface area contributed by atoms with Gasteiger partial charge in [-0.15, -0.1) is 5.10 Å². The van der Waals surface area contributed by atoms with E-state index in [0.717, 1.165) is 6.07 Å². The molecule has 2 heterocycles. The Kier molecular flexibility index (Phi) is 3.93. The molecule has 0 saturated heterocycles. The van der Waals surface area contributed by atoms with Gasteiger partial charge in [0, 0.05) is 32.3 Å². The highest BCUT2D eigenvalue weighted by molar-refractivity contribution is 7.99. The monoisotopic (exact) mass is 532 g/mol. The molecule has 0 bridgehead atoms. The maximum absolute atomic E-state index is 14.4. The number of aromatic nitrogens is 5. The van der Waals surface area contributed by atoms with Crippen LogP contribution in [0.5, 0.6) is 0 Å². The van der Waals surface area contributed by atoms with Gasteiger partial charge in [-0.05, 0) is 36.9 Å². The molecule has 2 aromatic heterocycles. The molecule has 10 nitrogen and oxygen atoms in total. The number of halogens is 1. The van der Waals surface area contributed by atoms with E-state index in [1.54, 1.807) is 0 Å². The highest BCUT2D eigenvalue weighted by atomic mass is 32.2. The van der Waals surface area contributed by atoms with E-state index in [1.807, 2.05) is 0 Å². The molecule has 2 fully saturated rings. The Balaban J connectivity index is 1.70. The summed E-state index contributed by atoms with van der Waals surface area (Å²) in [5, 5.41) is 41.7. The van der Waals surface area contributed by atoms with Crippen LogP contribution in [-0.4, -0.2) is 83.4 Å². The lowest BCUT2D eigenvalue weighted by molar-refractivity contribution is -0.0629. The van der Waals surface area contributed by atoms with Gasteiger partial charge < -0.3 is 25.4 Å². The van der Waals surface area contributed by atoms with E-state index < -0.39 is 89.9 Å². The van der Waals surface area contributed by atoms with Gasteiger partial charge in [-0.2, -0.15) is 0 Å². The number of thioether (sulfide) groups is 1. The van der Waals surface area contributed by atoms with Gasteiger partial charge in [0.25, 0.3) is 0 Å². The number of fused-ring (bicyclic) bond motifs is 1. The highest BCUT2D eigenvalue weighted by Gasteiger charge is 2.45. The highest BCUT2D eigenvalue weighted by Crippen LogP contribution is 2.44. The lowest BCUT2D eigenvalue weighted by Crippen LogP contribution is -2.33. The number of aliphatic hydroxyl groups is 3. The van der Waals surface area contributed by atoms with Crippen molar-refractivity contribution in [2.75, 3.05) is 24.1 Å². The van der Waals surface area contributed by atoms with Gasteiger partial charge in [-0.3, -0.25) is 0 Å². The van der Waals surface area contributed by atoms with E-state index in [2.05, 4.69) is 30.3 Å². The maximum Gasteiger partial charge on any atom is 0.191 e. The molecule has 6 atom stereocenters. The van der Waals surface area contributed by atoms with Gasteiger partial charge in [0.1, 0.15) is 18.0 Å². The Morgan fingerprint density at radius 1 is 1.33 bits per heavy atom. The number of hydrogen-bond acceptors (Lipinski definition) is 10. The fourth-order valence-electron chi connectivity index (χ4n) is 3.48. The zero-order valence-electron chi connectivity index (χ0n) is 32.9. The first-order valence-corrected chi connectivity index (χ1v) is 11.5. The predicted molar refractivity (Wildman–Crippen MR) is 133 cm³/mol. The molecule has 5 rings (SSSR count). The third-order valence-corrected chi connectivity index (χ3v) is 6.12. The van der Waals surface area contributed by atoms with Crippen LogP contribution in [0.15, 0.2) is 23.4 Å². The second-order valence-electron chi connectivity index (χ2n) is 7.72. The zero-order valence-corrected chi connectivity index (χ0v) is 19.7. The van der Waals surface area contributed by atoms with Crippen LogP contribution in [0.25, 0.3) is 11.2 Å². The average molecular weight is 533 g/mol. The summed E-state index contributed by atoms with van der Waals surface area (Å²) in [5.41, 5.74) is -2.74. The Morgan fingerprint density at radius 3 is 2.92 bits per heavy atom. The van der Waals surface area contributed by atoms with Crippen LogP contribution in [0.3, 0.4) is 0 Å². The number of nitrogens with zero attached hydrogens (tertiary/aromatic N) is 5. The van der Waals surface area contributed by atoms with E-state index in [-0.39, 0.29) is 22.5 Å². The summed E-state index contributed by atoms with van der Waals surface area (Å²) in [7, 11) is 0. The van der Waals surface area contributed by atoms with Crippen molar-refractivity contribution in [1.82, 2.24) is 25.0 Å². The fraction of sp³-hybridized carbons (Fsp3) is 0.583. The minimum Gasteiger partial charge on any atom is -0.394 e. The van der Waals surface area contributed by atoms with Gasteiger partial charge in [-0.25, -0.2) is 19.0 Å². The quantitative estimate of drug-likeness (QED) is 0.227. The van der Waals surface area contributed by atoms with Gasteiger partial charge in [0.15, 0.2) is 22.1 Å². The van der Waals surface area contributed by atoms with Crippen LogP contribution in [-0.2, 0) is 4.74 Å². The lowest BCUT2D eigenvalue weighted by Gasteiger charge is -2.17. The molecule has 2 saturated carbocycles. The van der Waals surface area contributed by atoms with Crippen molar-refractivity contribution >= 4 is 28.7 Å². The number of hydrogen-bond donors (Lipinski definition) is 4. The first-order valence-electron chi connectivity index (χ1n) is 17.7. The maximum atomic E-state index is 14.4. The number of anilines is 1. The second kappa shape index (κ2) is 10.5. The average Bonchev–Trinajstić information content (AvgIpc) is 3.25.